The number of hydrogen-bond donors (Lipinski definition) is 1. The van der Waals surface area contributed by atoms with E-state index in [9.17, 15) is 9.18 Å². The molecule has 2 aromatic rings. The summed E-state index contributed by atoms with van der Waals surface area (Å²) in [4.78, 5) is 14.7. The van der Waals surface area contributed by atoms with Crippen molar-refractivity contribution in [3.63, 3.8) is 0 Å². The van der Waals surface area contributed by atoms with Gasteiger partial charge in [-0.2, -0.15) is 0 Å². The molecule has 2 bridgehead atoms. The number of benzene rings is 1. The molecule has 22 heavy (non-hydrogen) atoms. The van der Waals surface area contributed by atoms with Crippen LogP contribution in [0.5, 0.6) is 0 Å². The molecule has 1 N–H and O–H groups in total. The maximum atomic E-state index is 12.9. The molecule has 2 fully saturated rings. The van der Waals surface area contributed by atoms with E-state index < -0.39 is 0 Å². The topological polar surface area (TPSA) is 45.5 Å². The van der Waals surface area contributed by atoms with E-state index in [1.54, 1.807) is 24.3 Å². The Balaban J connectivity index is 1.46. The number of amides is 1. The summed E-state index contributed by atoms with van der Waals surface area (Å²) in [6, 6.07) is 9.66. The Morgan fingerprint density at radius 3 is 2.68 bits per heavy atom. The van der Waals surface area contributed by atoms with Crippen molar-refractivity contribution in [2.75, 3.05) is 19.6 Å². The number of rotatable bonds is 3. The first kappa shape index (κ1) is 13.5. The lowest BCUT2D eigenvalue weighted by atomic mass is 10.00. The van der Waals surface area contributed by atoms with Crippen molar-refractivity contribution in [3.05, 3.63) is 48.0 Å². The Kier molecular flexibility index (Phi) is 3.22. The summed E-state index contributed by atoms with van der Waals surface area (Å²) in [5.74, 6) is 0.973. The van der Waals surface area contributed by atoms with E-state index in [0.717, 1.165) is 31.6 Å². The number of nitrogens with one attached hydrogen (secondary N) is 1. The number of hydrogen-bond acceptors (Lipinski definition) is 3. The van der Waals surface area contributed by atoms with Crippen LogP contribution in [-0.4, -0.2) is 36.5 Å². The molecule has 0 spiro atoms. The van der Waals surface area contributed by atoms with Crippen LogP contribution in [0.2, 0.25) is 0 Å². The molecule has 0 aliphatic carbocycles. The fourth-order valence-corrected chi connectivity index (χ4v) is 3.42. The highest BCUT2D eigenvalue weighted by Crippen LogP contribution is 2.28. The van der Waals surface area contributed by atoms with E-state index >= 15 is 0 Å². The van der Waals surface area contributed by atoms with E-state index in [1.807, 2.05) is 0 Å². The average molecular weight is 300 g/mol. The van der Waals surface area contributed by atoms with E-state index in [0.29, 0.717) is 17.4 Å². The first-order valence-corrected chi connectivity index (χ1v) is 7.58. The number of halogens is 1. The third kappa shape index (κ3) is 2.41. The fraction of sp³-hybridized carbons (Fsp3) is 0.353. The molecule has 4 nitrogen and oxygen atoms in total. The van der Waals surface area contributed by atoms with Gasteiger partial charge in [0, 0.05) is 24.7 Å². The Hall–Kier alpha value is -2.14. The van der Waals surface area contributed by atoms with E-state index in [1.165, 1.54) is 12.1 Å². The summed E-state index contributed by atoms with van der Waals surface area (Å²) in [6.07, 6.45) is 1.16. The Bertz CT molecular complexity index is 695. The van der Waals surface area contributed by atoms with Crippen LogP contribution in [0.1, 0.15) is 17.0 Å². The molecule has 1 aromatic carbocycles. The average Bonchev–Trinajstić information content (AvgIpc) is 3.24. The van der Waals surface area contributed by atoms with Crippen molar-refractivity contribution >= 4 is 5.91 Å². The third-order valence-electron chi connectivity index (χ3n) is 4.61. The summed E-state index contributed by atoms with van der Waals surface area (Å²) in [5, 5.41) is 3.07. The molecule has 0 saturated carbocycles. The van der Waals surface area contributed by atoms with Crippen molar-refractivity contribution in [1.82, 2.24) is 10.2 Å². The molecule has 2 saturated heterocycles. The molecule has 3 unspecified atom stereocenters. The van der Waals surface area contributed by atoms with Crippen molar-refractivity contribution in [3.8, 4) is 11.3 Å². The number of furan rings is 1. The summed E-state index contributed by atoms with van der Waals surface area (Å²) in [5.41, 5.74) is 0.756. The van der Waals surface area contributed by atoms with Gasteiger partial charge >= 0.3 is 0 Å². The molecule has 1 aromatic heterocycles. The zero-order chi connectivity index (χ0) is 15.1. The van der Waals surface area contributed by atoms with Gasteiger partial charge in [0.25, 0.3) is 5.91 Å². The largest absolute Gasteiger partial charge is 0.451 e. The molecule has 2 aliphatic rings. The Labute approximate surface area is 127 Å². The lowest BCUT2D eigenvalue weighted by molar-refractivity contribution is 0.0897. The van der Waals surface area contributed by atoms with Crippen LogP contribution in [0.3, 0.4) is 0 Å². The maximum absolute atomic E-state index is 12.9. The van der Waals surface area contributed by atoms with Gasteiger partial charge < -0.3 is 14.6 Å². The zero-order valence-corrected chi connectivity index (χ0v) is 12.1. The van der Waals surface area contributed by atoms with Gasteiger partial charge in [0.05, 0.1) is 0 Å². The Morgan fingerprint density at radius 1 is 1.18 bits per heavy atom. The number of piperidine rings is 1. The summed E-state index contributed by atoms with van der Waals surface area (Å²) >= 11 is 0. The van der Waals surface area contributed by atoms with Gasteiger partial charge in [0.2, 0.25) is 0 Å². The van der Waals surface area contributed by atoms with Crippen LogP contribution < -0.4 is 5.32 Å². The third-order valence-corrected chi connectivity index (χ3v) is 4.61. The van der Waals surface area contributed by atoms with Gasteiger partial charge in [-0.05, 0) is 55.3 Å². The van der Waals surface area contributed by atoms with Gasteiger partial charge in [-0.1, -0.05) is 0 Å². The van der Waals surface area contributed by atoms with E-state index in [-0.39, 0.29) is 17.8 Å². The van der Waals surface area contributed by atoms with E-state index in [4.69, 9.17) is 4.42 Å². The number of fused-ring (bicyclic) bond motifs is 2. The smallest absolute Gasteiger partial charge is 0.287 e. The first-order chi connectivity index (χ1) is 10.7. The summed E-state index contributed by atoms with van der Waals surface area (Å²) in [7, 11) is 0. The predicted molar refractivity (Wildman–Crippen MR) is 79.9 cm³/mol. The molecular formula is C17H17FN2O2. The van der Waals surface area contributed by atoms with Crippen molar-refractivity contribution < 1.29 is 13.6 Å². The van der Waals surface area contributed by atoms with Crippen molar-refractivity contribution in [2.24, 2.45) is 5.92 Å². The van der Waals surface area contributed by atoms with Crippen LogP contribution in [0, 0.1) is 11.7 Å². The van der Waals surface area contributed by atoms with Crippen molar-refractivity contribution in [2.45, 2.75) is 12.5 Å². The van der Waals surface area contributed by atoms with Gasteiger partial charge in [-0.3, -0.25) is 4.79 Å². The molecular weight excluding hydrogens is 283 g/mol. The highest BCUT2D eigenvalue weighted by Gasteiger charge is 2.38. The molecule has 5 heteroatoms. The summed E-state index contributed by atoms with van der Waals surface area (Å²) < 4.78 is 18.6. The van der Waals surface area contributed by atoms with Crippen molar-refractivity contribution in [1.29, 1.82) is 0 Å². The van der Waals surface area contributed by atoms with Crippen LogP contribution in [-0.2, 0) is 0 Å². The van der Waals surface area contributed by atoms with Gasteiger partial charge in [0.1, 0.15) is 11.6 Å². The first-order valence-electron chi connectivity index (χ1n) is 7.58. The van der Waals surface area contributed by atoms with Gasteiger partial charge in [-0.15, -0.1) is 0 Å². The highest BCUT2D eigenvalue weighted by molar-refractivity contribution is 5.92. The second-order valence-corrected chi connectivity index (χ2v) is 6.06. The number of carbonyl (C=O) groups excluding carboxylic acids is 1. The lowest BCUT2D eigenvalue weighted by Crippen LogP contribution is -2.43. The predicted octanol–water partition coefficient (Wildman–Crippen LogP) is 2.52. The monoisotopic (exact) mass is 300 g/mol. The second-order valence-electron chi connectivity index (χ2n) is 6.06. The molecule has 4 rings (SSSR count). The highest BCUT2D eigenvalue weighted by atomic mass is 19.1. The number of carbonyl (C=O) groups is 1. The minimum Gasteiger partial charge on any atom is -0.451 e. The fourth-order valence-electron chi connectivity index (χ4n) is 3.42. The molecule has 1 amide bonds. The standard InChI is InChI=1S/C17H17FN2O2/c18-13-3-1-11(2-4-13)15-5-6-16(22-15)17(21)19-14-10-20-8-7-12(14)9-20/h1-6,12,14H,7-10H2,(H,19,21). The SMILES string of the molecule is O=C(NC1CN2CCC1C2)c1ccc(-c2ccc(F)cc2)o1. The normalized spacial score (nSPS) is 26.3. The molecule has 3 heterocycles. The van der Waals surface area contributed by atoms with Crippen LogP contribution >= 0.6 is 0 Å². The maximum Gasteiger partial charge on any atom is 0.287 e. The molecule has 0 radical (unpaired) electrons. The number of nitrogens with zero attached hydrogens (tertiary/aromatic N) is 1. The van der Waals surface area contributed by atoms with Gasteiger partial charge in [-0.25, -0.2) is 4.39 Å². The Morgan fingerprint density at radius 2 is 2.00 bits per heavy atom. The molecule has 2 aliphatic heterocycles. The van der Waals surface area contributed by atoms with Crippen LogP contribution in [0.4, 0.5) is 4.39 Å². The van der Waals surface area contributed by atoms with Crippen LogP contribution in [0.15, 0.2) is 40.8 Å². The van der Waals surface area contributed by atoms with Gasteiger partial charge in [0.15, 0.2) is 5.76 Å². The molecule has 114 valence electrons. The van der Waals surface area contributed by atoms with E-state index in [2.05, 4.69) is 10.2 Å². The minimum absolute atomic E-state index is 0.174. The minimum atomic E-state index is -0.292. The van der Waals surface area contributed by atoms with Crippen LogP contribution in [0.25, 0.3) is 11.3 Å². The zero-order valence-electron chi connectivity index (χ0n) is 12.1. The lowest BCUT2D eigenvalue weighted by Gasteiger charge is -2.22. The molecule has 3 atom stereocenters. The second kappa shape index (κ2) is 5.25. The summed E-state index contributed by atoms with van der Waals surface area (Å²) in [6.45, 7) is 3.17. The quantitative estimate of drug-likeness (QED) is 0.947.